The van der Waals surface area contributed by atoms with Gasteiger partial charge in [-0.1, -0.05) is 0 Å². The van der Waals surface area contributed by atoms with Crippen LogP contribution in [-0.4, -0.2) is 25.6 Å². The molecule has 0 aliphatic rings. The van der Waals surface area contributed by atoms with Gasteiger partial charge in [-0.3, -0.25) is 4.79 Å². The Labute approximate surface area is 142 Å². The van der Waals surface area contributed by atoms with Gasteiger partial charge >= 0.3 is 5.97 Å². The predicted octanol–water partition coefficient (Wildman–Crippen LogP) is 3.93. The van der Waals surface area contributed by atoms with Gasteiger partial charge in [-0.05, 0) is 37.3 Å². The molecule has 0 radical (unpaired) electrons. The van der Waals surface area contributed by atoms with Crippen molar-refractivity contribution in [2.75, 3.05) is 19.0 Å². The second-order valence-corrected chi connectivity index (χ2v) is 5.88. The fourth-order valence-electron chi connectivity index (χ4n) is 2.27. The molecule has 1 aromatic carbocycles. The standard InChI is InChI=1S/C17H15NO5S/c1-3-22-14-11-9-10(18-16(19)12-5-4-8-23-12)6-7-13(11)24-15(14)17(20)21-2/h4-9H,3H2,1-2H3,(H,18,19). The lowest BCUT2D eigenvalue weighted by Crippen LogP contribution is -2.10. The zero-order valence-corrected chi connectivity index (χ0v) is 13.9. The lowest BCUT2D eigenvalue weighted by molar-refractivity contribution is 0.0602. The fourth-order valence-corrected chi connectivity index (χ4v) is 3.31. The summed E-state index contributed by atoms with van der Waals surface area (Å²) in [6.45, 7) is 2.26. The SMILES string of the molecule is CCOc1c(C(=O)OC)sc2ccc(NC(=O)c3ccco3)cc12. The van der Waals surface area contributed by atoms with E-state index in [0.29, 0.717) is 22.9 Å². The number of methoxy groups -OCH3 is 1. The number of fused-ring (bicyclic) bond motifs is 1. The number of carbonyl (C=O) groups excluding carboxylic acids is 2. The van der Waals surface area contributed by atoms with Gasteiger partial charge in [-0.15, -0.1) is 11.3 Å². The highest BCUT2D eigenvalue weighted by atomic mass is 32.1. The number of thiophene rings is 1. The Morgan fingerprint density at radius 1 is 1.29 bits per heavy atom. The minimum atomic E-state index is -0.444. The summed E-state index contributed by atoms with van der Waals surface area (Å²) in [5, 5.41) is 3.51. The van der Waals surface area contributed by atoms with Crippen LogP contribution in [0.2, 0.25) is 0 Å². The molecule has 124 valence electrons. The van der Waals surface area contributed by atoms with Crippen molar-refractivity contribution in [1.82, 2.24) is 0 Å². The molecule has 1 N–H and O–H groups in total. The highest BCUT2D eigenvalue weighted by Gasteiger charge is 2.21. The molecule has 0 saturated carbocycles. The van der Waals surface area contributed by atoms with Crippen LogP contribution >= 0.6 is 11.3 Å². The third-order valence-electron chi connectivity index (χ3n) is 3.30. The zero-order valence-electron chi connectivity index (χ0n) is 13.1. The van der Waals surface area contributed by atoms with E-state index in [-0.39, 0.29) is 11.7 Å². The highest BCUT2D eigenvalue weighted by molar-refractivity contribution is 7.21. The molecule has 1 amide bonds. The van der Waals surface area contributed by atoms with Crippen molar-refractivity contribution in [3.05, 3.63) is 47.2 Å². The summed E-state index contributed by atoms with van der Waals surface area (Å²) in [6.07, 6.45) is 1.44. The molecular weight excluding hydrogens is 330 g/mol. The van der Waals surface area contributed by atoms with Crippen molar-refractivity contribution in [2.24, 2.45) is 0 Å². The van der Waals surface area contributed by atoms with E-state index >= 15 is 0 Å². The van der Waals surface area contributed by atoms with Crippen molar-refractivity contribution in [3.63, 3.8) is 0 Å². The first-order chi connectivity index (χ1) is 11.6. The third-order valence-corrected chi connectivity index (χ3v) is 4.44. The number of nitrogens with one attached hydrogen (secondary N) is 1. The summed E-state index contributed by atoms with van der Waals surface area (Å²) in [5.74, 6) is -0.0966. The van der Waals surface area contributed by atoms with Crippen LogP contribution in [0, 0.1) is 0 Å². The number of hydrogen-bond acceptors (Lipinski definition) is 6. The molecule has 0 aliphatic heterocycles. The first-order valence-electron chi connectivity index (χ1n) is 7.26. The van der Waals surface area contributed by atoms with Gasteiger partial charge in [0.05, 0.1) is 20.0 Å². The molecule has 3 aromatic rings. The first-order valence-corrected chi connectivity index (χ1v) is 8.08. The van der Waals surface area contributed by atoms with E-state index in [1.54, 1.807) is 24.3 Å². The van der Waals surface area contributed by atoms with E-state index in [9.17, 15) is 9.59 Å². The lowest BCUT2D eigenvalue weighted by Gasteiger charge is -2.06. The maximum atomic E-state index is 12.1. The van der Waals surface area contributed by atoms with Gasteiger partial charge in [0, 0.05) is 15.8 Å². The van der Waals surface area contributed by atoms with E-state index in [1.807, 2.05) is 13.0 Å². The van der Waals surface area contributed by atoms with Crippen LogP contribution in [0.15, 0.2) is 41.0 Å². The molecule has 0 bridgehead atoms. The molecule has 24 heavy (non-hydrogen) atoms. The third kappa shape index (κ3) is 2.98. The number of anilines is 1. The molecule has 3 rings (SSSR count). The number of esters is 1. The van der Waals surface area contributed by atoms with Crippen molar-refractivity contribution >= 4 is 39.0 Å². The molecule has 0 atom stereocenters. The second kappa shape index (κ2) is 6.76. The van der Waals surface area contributed by atoms with Crippen LogP contribution in [0.1, 0.15) is 27.2 Å². The molecule has 0 saturated heterocycles. The normalized spacial score (nSPS) is 10.6. The van der Waals surface area contributed by atoms with Crippen molar-refractivity contribution in [1.29, 1.82) is 0 Å². The zero-order chi connectivity index (χ0) is 17.1. The number of furan rings is 1. The van der Waals surface area contributed by atoms with Crippen molar-refractivity contribution in [3.8, 4) is 5.75 Å². The van der Waals surface area contributed by atoms with Crippen LogP contribution in [0.5, 0.6) is 5.75 Å². The topological polar surface area (TPSA) is 77.8 Å². The van der Waals surface area contributed by atoms with E-state index < -0.39 is 5.97 Å². The first kappa shape index (κ1) is 16.1. The number of hydrogen-bond donors (Lipinski definition) is 1. The smallest absolute Gasteiger partial charge is 0.351 e. The Kier molecular flexibility index (Phi) is 4.52. The molecule has 0 unspecified atom stereocenters. The van der Waals surface area contributed by atoms with Crippen LogP contribution in [0.3, 0.4) is 0 Å². The van der Waals surface area contributed by atoms with Gasteiger partial charge in [0.15, 0.2) is 16.4 Å². The minimum absolute atomic E-state index is 0.223. The Hall–Kier alpha value is -2.80. The van der Waals surface area contributed by atoms with Crippen molar-refractivity contribution < 1.29 is 23.5 Å². The molecular formula is C17H15NO5S. The summed E-state index contributed by atoms with van der Waals surface area (Å²) in [6, 6.07) is 8.58. The minimum Gasteiger partial charge on any atom is -0.491 e. The van der Waals surface area contributed by atoms with Crippen LogP contribution < -0.4 is 10.1 Å². The maximum Gasteiger partial charge on any atom is 0.351 e. The summed E-state index contributed by atoms with van der Waals surface area (Å²) >= 11 is 1.29. The van der Waals surface area contributed by atoms with E-state index in [2.05, 4.69) is 5.32 Å². The fraction of sp³-hybridized carbons (Fsp3) is 0.176. The summed E-state index contributed by atoms with van der Waals surface area (Å²) in [7, 11) is 1.33. The highest BCUT2D eigenvalue weighted by Crippen LogP contribution is 2.39. The Balaban J connectivity index is 1.98. The largest absolute Gasteiger partial charge is 0.491 e. The molecule has 2 aromatic heterocycles. The molecule has 7 heteroatoms. The monoisotopic (exact) mass is 345 g/mol. The average Bonchev–Trinajstić information content (AvgIpc) is 3.23. The van der Waals surface area contributed by atoms with Crippen LogP contribution in [0.4, 0.5) is 5.69 Å². The van der Waals surface area contributed by atoms with Crippen LogP contribution in [-0.2, 0) is 4.74 Å². The van der Waals surface area contributed by atoms with Crippen molar-refractivity contribution in [2.45, 2.75) is 6.92 Å². The quantitative estimate of drug-likeness (QED) is 0.709. The number of carbonyl (C=O) groups is 2. The lowest BCUT2D eigenvalue weighted by atomic mass is 10.2. The Bertz CT molecular complexity index is 882. The second-order valence-electron chi connectivity index (χ2n) is 4.83. The molecule has 0 fully saturated rings. The molecule has 0 aliphatic carbocycles. The van der Waals surface area contributed by atoms with E-state index in [0.717, 1.165) is 10.1 Å². The van der Waals surface area contributed by atoms with Crippen LogP contribution in [0.25, 0.3) is 10.1 Å². The number of amides is 1. The summed E-state index contributed by atoms with van der Waals surface area (Å²) in [5.41, 5.74) is 0.582. The molecule has 6 nitrogen and oxygen atoms in total. The number of ether oxygens (including phenoxy) is 2. The van der Waals surface area contributed by atoms with Gasteiger partial charge in [-0.25, -0.2) is 4.79 Å². The molecule has 0 spiro atoms. The van der Waals surface area contributed by atoms with E-state index in [4.69, 9.17) is 13.9 Å². The Morgan fingerprint density at radius 2 is 2.12 bits per heavy atom. The predicted molar refractivity (Wildman–Crippen MR) is 91.0 cm³/mol. The average molecular weight is 345 g/mol. The Morgan fingerprint density at radius 3 is 2.79 bits per heavy atom. The van der Waals surface area contributed by atoms with Gasteiger partial charge in [-0.2, -0.15) is 0 Å². The van der Waals surface area contributed by atoms with Gasteiger partial charge in [0.2, 0.25) is 0 Å². The maximum absolute atomic E-state index is 12.1. The molecule has 2 heterocycles. The van der Waals surface area contributed by atoms with Gasteiger partial charge in [0.25, 0.3) is 5.91 Å². The van der Waals surface area contributed by atoms with Gasteiger partial charge in [0.1, 0.15) is 0 Å². The summed E-state index contributed by atoms with van der Waals surface area (Å²) < 4.78 is 16.4. The number of rotatable bonds is 5. The summed E-state index contributed by atoms with van der Waals surface area (Å²) in [4.78, 5) is 24.4. The number of benzene rings is 1. The van der Waals surface area contributed by atoms with E-state index in [1.165, 1.54) is 24.7 Å². The van der Waals surface area contributed by atoms with Gasteiger partial charge < -0.3 is 19.2 Å².